The van der Waals surface area contributed by atoms with Gasteiger partial charge >= 0.3 is 0 Å². The Morgan fingerprint density at radius 3 is 2.69 bits per heavy atom. The van der Waals surface area contributed by atoms with Crippen LogP contribution in [0.15, 0.2) is 47.4 Å². The number of para-hydroxylation sites is 2. The van der Waals surface area contributed by atoms with Crippen molar-refractivity contribution in [1.82, 2.24) is 0 Å². The van der Waals surface area contributed by atoms with E-state index in [0.29, 0.717) is 29.4 Å². The maximum absolute atomic E-state index is 12.8. The molecule has 0 aliphatic carbocycles. The van der Waals surface area contributed by atoms with Crippen molar-refractivity contribution in [2.45, 2.75) is 24.8 Å². The molecular formula is C18H20N2O5S. The van der Waals surface area contributed by atoms with Crippen molar-refractivity contribution in [3.05, 3.63) is 42.5 Å². The highest BCUT2D eigenvalue weighted by Crippen LogP contribution is 2.36. The summed E-state index contributed by atoms with van der Waals surface area (Å²) in [6.45, 7) is 3.66. The standard InChI is InChI=1S/C18H20N2O5S/c1-12-11-20(13(2)21)16-10-14(8-9-18(16)25-12)26(22,23)19-15-6-4-5-7-17(15)24-3/h4-10,12,19H,11H2,1-3H3. The van der Waals surface area contributed by atoms with Crippen LogP contribution in [0.2, 0.25) is 0 Å². The lowest BCUT2D eigenvalue weighted by Gasteiger charge is -2.33. The summed E-state index contributed by atoms with van der Waals surface area (Å²) in [6.07, 6.45) is -0.166. The van der Waals surface area contributed by atoms with Crippen molar-refractivity contribution in [2.75, 3.05) is 23.3 Å². The van der Waals surface area contributed by atoms with Gasteiger partial charge in [-0.3, -0.25) is 9.52 Å². The first kappa shape index (κ1) is 18.1. The number of hydrogen-bond donors (Lipinski definition) is 1. The molecule has 1 N–H and O–H groups in total. The van der Waals surface area contributed by atoms with Gasteiger partial charge in [0.2, 0.25) is 5.91 Å². The molecule has 1 atom stereocenters. The highest BCUT2D eigenvalue weighted by molar-refractivity contribution is 7.92. The minimum atomic E-state index is -3.87. The lowest BCUT2D eigenvalue weighted by Crippen LogP contribution is -2.41. The van der Waals surface area contributed by atoms with Crippen LogP contribution >= 0.6 is 0 Å². The van der Waals surface area contributed by atoms with Gasteiger partial charge in [-0.05, 0) is 37.3 Å². The predicted molar refractivity (Wildman–Crippen MR) is 98.4 cm³/mol. The minimum Gasteiger partial charge on any atom is -0.495 e. The van der Waals surface area contributed by atoms with Gasteiger partial charge < -0.3 is 14.4 Å². The Hall–Kier alpha value is -2.74. The third kappa shape index (κ3) is 3.45. The largest absolute Gasteiger partial charge is 0.495 e. The summed E-state index contributed by atoms with van der Waals surface area (Å²) in [5.74, 6) is 0.723. The average Bonchev–Trinajstić information content (AvgIpc) is 2.60. The van der Waals surface area contributed by atoms with E-state index >= 15 is 0 Å². The molecule has 0 saturated carbocycles. The number of rotatable bonds is 4. The highest BCUT2D eigenvalue weighted by Gasteiger charge is 2.28. The number of methoxy groups -OCH3 is 1. The smallest absolute Gasteiger partial charge is 0.262 e. The summed E-state index contributed by atoms with van der Waals surface area (Å²) in [5, 5.41) is 0. The molecule has 1 unspecified atom stereocenters. The first-order valence-electron chi connectivity index (χ1n) is 8.06. The summed E-state index contributed by atoms with van der Waals surface area (Å²) in [4.78, 5) is 13.5. The Balaban J connectivity index is 1.99. The van der Waals surface area contributed by atoms with E-state index in [-0.39, 0.29) is 16.9 Å². The summed E-state index contributed by atoms with van der Waals surface area (Å²) < 4.78 is 39.0. The zero-order valence-corrected chi connectivity index (χ0v) is 15.5. The Kier molecular flexibility index (Phi) is 4.78. The number of carbonyl (C=O) groups is 1. The van der Waals surface area contributed by atoms with Gasteiger partial charge in [-0.15, -0.1) is 0 Å². The van der Waals surface area contributed by atoms with E-state index in [1.165, 1.54) is 31.1 Å². The van der Waals surface area contributed by atoms with Gasteiger partial charge in [-0.25, -0.2) is 8.42 Å². The van der Waals surface area contributed by atoms with Crippen LogP contribution in [-0.2, 0) is 14.8 Å². The number of amides is 1. The molecular weight excluding hydrogens is 356 g/mol. The van der Waals surface area contributed by atoms with E-state index in [1.54, 1.807) is 30.3 Å². The molecule has 0 spiro atoms. The van der Waals surface area contributed by atoms with E-state index in [2.05, 4.69) is 4.72 Å². The van der Waals surface area contributed by atoms with Gasteiger partial charge in [0.25, 0.3) is 10.0 Å². The minimum absolute atomic E-state index is 0.0339. The Morgan fingerprint density at radius 2 is 2.00 bits per heavy atom. The third-order valence-electron chi connectivity index (χ3n) is 4.03. The van der Waals surface area contributed by atoms with Crippen LogP contribution in [0.4, 0.5) is 11.4 Å². The number of sulfonamides is 1. The van der Waals surface area contributed by atoms with E-state index in [1.807, 2.05) is 6.92 Å². The summed E-state index contributed by atoms with van der Waals surface area (Å²) in [5.41, 5.74) is 0.777. The monoisotopic (exact) mass is 376 g/mol. The fourth-order valence-electron chi connectivity index (χ4n) is 2.82. The van der Waals surface area contributed by atoms with Crippen LogP contribution in [0.3, 0.4) is 0 Å². The van der Waals surface area contributed by atoms with Crippen LogP contribution in [0.5, 0.6) is 11.5 Å². The van der Waals surface area contributed by atoms with Gasteiger partial charge in [-0.1, -0.05) is 12.1 Å². The second-order valence-electron chi connectivity index (χ2n) is 5.99. The molecule has 0 saturated heterocycles. The van der Waals surface area contributed by atoms with Gasteiger partial charge in [-0.2, -0.15) is 0 Å². The highest BCUT2D eigenvalue weighted by atomic mass is 32.2. The average molecular weight is 376 g/mol. The Labute approximate surface area is 152 Å². The molecule has 0 fully saturated rings. The Bertz CT molecular complexity index is 942. The SMILES string of the molecule is COc1ccccc1NS(=O)(=O)c1ccc2c(c1)N(C(C)=O)CC(C)O2. The van der Waals surface area contributed by atoms with Crippen LogP contribution in [0, 0.1) is 0 Å². The molecule has 1 aliphatic rings. The predicted octanol–water partition coefficient (Wildman–Crippen LogP) is 2.63. The quantitative estimate of drug-likeness (QED) is 0.887. The van der Waals surface area contributed by atoms with E-state index in [0.717, 1.165) is 0 Å². The van der Waals surface area contributed by atoms with E-state index in [9.17, 15) is 13.2 Å². The zero-order valence-electron chi connectivity index (χ0n) is 14.7. The van der Waals surface area contributed by atoms with Crippen LogP contribution in [0.1, 0.15) is 13.8 Å². The van der Waals surface area contributed by atoms with E-state index < -0.39 is 10.0 Å². The lowest BCUT2D eigenvalue weighted by molar-refractivity contribution is -0.117. The molecule has 1 heterocycles. The molecule has 8 heteroatoms. The summed E-state index contributed by atoms with van der Waals surface area (Å²) >= 11 is 0. The molecule has 3 rings (SSSR count). The first-order valence-corrected chi connectivity index (χ1v) is 9.55. The molecule has 2 aromatic rings. The second-order valence-corrected chi connectivity index (χ2v) is 7.68. The first-order chi connectivity index (χ1) is 12.3. The normalized spacial score (nSPS) is 16.4. The van der Waals surface area contributed by atoms with Gasteiger partial charge in [0.05, 0.1) is 29.9 Å². The molecule has 1 aliphatic heterocycles. The molecule has 2 aromatic carbocycles. The van der Waals surface area contributed by atoms with Crippen LogP contribution in [-0.4, -0.2) is 34.1 Å². The van der Waals surface area contributed by atoms with Crippen molar-refractivity contribution >= 4 is 27.3 Å². The fraction of sp³-hybridized carbons (Fsp3) is 0.278. The van der Waals surface area contributed by atoms with Crippen molar-refractivity contribution in [2.24, 2.45) is 0 Å². The van der Waals surface area contributed by atoms with Crippen molar-refractivity contribution in [1.29, 1.82) is 0 Å². The van der Waals surface area contributed by atoms with Gasteiger partial charge in [0.1, 0.15) is 17.6 Å². The summed E-state index contributed by atoms with van der Waals surface area (Å²) in [6, 6.07) is 11.2. The number of carbonyl (C=O) groups excluding carboxylic acids is 1. The maximum Gasteiger partial charge on any atom is 0.262 e. The van der Waals surface area contributed by atoms with E-state index in [4.69, 9.17) is 9.47 Å². The number of benzene rings is 2. The third-order valence-corrected chi connectivity index (χ3v) is 5.39. The van der Waals surface area contributed by atoms with Crippen molar-refractivity contribution in [3.63, 3.8) is 0 Å². The Morgan fingerprint density at radius 1 is 1.27 bits per heavy atom. The van der Waals surface area contributed by atoms with Gasteiger partial charge in [0.15, 0.2) is 0 Å². The number of nitrogens with zero attached hydrogens (tertiary/aromatic N) is 1. The number of hydrogen-bond acceptors (Lipinski definition) is 5. The number of nitrogens with one attached hydrogen (secondary N) is 1. The molecule has 0 aromatic heterocycles. The number of ether oxygens (including phenoxy) is 2. The maximum atomic E-state index is 12.8. The molecule has 0 radical (unpaired) electrons. The zero-order chi connectivity index (χ0) is 18.9. The van der Waals surface area contributed by atoms with Crippen LogP contribution < -0.4 is 19.1 Å². The fourth-order valence-corrected chi connectivity index (χ4v) is 3.91. The molecule has 138 valence electrons. The second kappa shape index (κ2) is 6.87. The molecule has 1 amide bonds. The molecule has 0 bridgehead atoms. The molecule has 26 heavy (non-hydrogen) atoms. The number of anilines is 2. The lowest BCUT2D eigenvalue weighted by atomic mass is 10.2. The summed E-state index contributed by atoms with van der Waals surface area (Å²) in [7, 11) is -2.40. The van der Waals surface area contributed by atoms with Gasteiger partial charge in [0, 0.05) is 6.92 Å². The van der Waals surface area contributed by atoms with Crippen molar-refractivity contribution < 1.29 is 22.7 Å². The van der Waals surface area contributed by atoms with Crippen molar-refractivity contribution in [3.8, 4) is 11.5 Å². The number of fused-ring (bicyclic) bond motifs is 1. The van der Waals surface area contributed by atoms with Crippen LogP contribution in [0.25, 0.3) is 0 Å². The topological polar surface area (TPSA) is 84.9 Å². The molecule has 7 nitrogen and oxygen atoms in total.